The number of para-hydroxylation sites is 1. The Labute approximate surface area is 137 Å². The van der Waals surface area contributed by atoms with Crippen molar-refractivity contribution in [3.05, 3.63) is 59.2 Å². The van der Waals surface area contributed by atoms with E-state index in [2.05, 4.69) is 11.4 Å². The molecular weight excluding hydrogens is 290 g/mol. The number of methoxy groups -OCH3 is 1. The number of aryl methyl sites for hydroxylation is 2. The van der Waals surface area contributed by atoms with Crippen molar-refractivity contribution in [1.29, 1.82) is 0 Å². The van der Waals surface area contributed by atoms with Gasteiger partial charge in [-0.1, -0.05) is 24.3 Å². The van der Waals surface area contributed by atoms with Gasteiger partial charge in [0, 0.05) is 12.1 Å². The summed E-state index contributed by atoms with van der Waals surface area (Å²) >= 11 is 0. The van der Waals surface area contributed by atoms with Gasteiger partial charge in [0.05, 0.1) is 7.11 Å². The van der Waals surface area contributed by atoms with E-state index < -0.39 is 6.10 Å². The first-order chi connectivity index (χ1) is 11.0. The van der Waals surface area contributed by atoms with E-state index in [0.29, 0.717) is 12.3 Å². The van der Waals surface area contributed by atoms with Crippen molar-refractivity contribution in [1.82, 2.24) is 5.32 Å². The molecule has 0 heterocycles. The molecule has 0 aromatic heterocycles. The smallest absolute Gasteiger partial charge is 0.261 e. The number of ether oxygens (including phenoxy) is 2. The Bertz CT molecular complexity index is 662. The van der Waals surface area contributed by atoms with E-state index in [1.54, 1.807) is 14.0 Å². The minimum absolute atomic E-state index is 0.157. The number of rotatable bonds is 6. The van der Waals surface area contributed by atoms with E-state index in [1.807, 2.05) is 50.2 Å². The fraction of sp³-hybridized carbons (Fsp3) is 0.316. The summed E-state index contributed by atoms with van der Waals surface area (Å²) in [7, 11) is 1.62. The van der Waals surface area contributed by atoms with E-state index in [0.717, 1.165) is 22.4 Å². The highest BCUT2D eigenvalue weighted by Gasteiger charge is 2.15. The molecule has 2 rings (SSSR count). The van der Waals surface area contributed by atoms with Crippen molar-refractivity contribution in [2.45, 2.75) is 33.4 Å². The van der Waals surface area contributed by atoms with Crippen LogP contribution in [0.3, 0.4) is 0 Å². The number of benzene rings is 2. The maximum atomic E-state index is 12.2. The lowest BCUT2D eigenvalue weighted by molar-refractivity contribution is -0.127. The second-order valence-electron chi connectivity index (χ2n) is 5.61. The van der Waals surface area contributed by atoms with Gasteiger partial charge in [-0.15, -0.1) is 0 Å². The van der Waals surface area contributed by atoms with E-state index in [9.17, 15) is 4.79 Å². The van der Waals surface area contributed by atoms with E-state index in [-0.39, 0.29) is 5.91 Å². The number of carbonyl (C=O) groups is 1. The zero-order valence-corrected chi connectivity index (χ0v) is 14.1. The third-order valence-corrected chi connectivity index (χ3v) is 3.52. The van der Waals surface area contributed by atoms with Gasteiger partial charge in [0.2, 0.25) is 0 Å². The molecule has 0 aliphatic heterocycles. The molecule has 1 atom stereocenters. The van der Waals surface area contributed by atoms with Crippen LogP contribution in [0.15, 0.2) is 42.5 Å². The van der Waals surface area contributed by atoms with Gasteiger partial charge < -0.3 is 14.8 Å². The molecule has 0 saturated carbocycles. The molecule has 0 bridgehead atoms. The third-order valence-electron chi connectivity index (χ3n) is 3.52. The molecule has 0 aliphatic rings. The first-order valence-electron chi connectivity index (χ1n) is 7.64. The first kappa shape index (κ1) is 16.9. The van der Waals surface area contributed by atoms with Crippen molar-refractivity contribution < 1.29 is 14.3 Å². The maximum Gasteiger partial charge on any atom is 0.261 e. The average Bonchev–Trinajstić information content (AvgIpc) is 2.51. The van der Waals surface area contributed by atoms with Crippen molar-refractivity contribution in [3.8, 4) is 11.5 Å². The molecule has 0 unspecified atom stereocenters. The zero-order chi connectivity index (χ0) is 16.8. The molecule has 1 N–H and O–H groups in total. The fourth-order valence-electron chi connectivity index (χ4n) is 2.43. The quantitative estimate of drug-likeness (QED) is 0.889. The van der Waals surface area contributed by atoms with Crippen LogP contribution in [0.2, 0.25) is 0 Å². The van der Waals surface area contributed by atoms with Crippen LogP contribution in [0.5, 0.6) is 11.5 Å². The van der Waals surface area contributed by atoms with E-state index >= 15 is 0 Å². The summed E-state index contributed by atoms with van der Waals surface area (Å²) < 4.78 is 11.0. The van der Waals surface area contributed by atoms with Crippen molar-refractivity contribution in [3.63, 3.8) is 0 Å². The second kappa shape index (κ2) is 7.68. The predicted octanol–water partition coefficient (Wildman–Crippen LogP) is 3.40. The maximum absolute atomic E-state index is 12.2. The van der Waals surface area contributed by atoms with Gasteiger partial charge in [-0.25, -0.2) is 0 Å². The molecule has 1 amide bonds. The minimum atomic E-state index is -0.564. The summed E-state index contributed by atoms with van der Waals surface area (Å²) in [6.45, 7) is 6.16. The topological polar surface area (TPSA) is 47.6 Å². The average molecular weight is 313 g/mol. The number of amides is 1. The molecule has 2 aromatic carbocycles. The number of carbonyl (C=O) groups excluding carboxylic acids is 1. The molecule has 4 heteroatoms. The molecule has 0 spiro atoms. The normalized spacial score (nSPS) is 11.7. The molecule has 23 heavy (non-hydrogen) atoms. The Hall–Kier alpha value is -2.49. The van der Waals surface area contributed by atoms with Crippen molar-refractivity contribution in [2.24, 2.45) is 0 Å². The number of nitrogens with one attached hydrogen (secondary N) is 1. The molecular formula is C19H23NO3. The second-order valence-corrected chi connectivity index (χ2v) is 5.61. The fourth-order valence-corrected chi connectivity index (χ4v) is 2.43. The van der Waals surface area contributed by atoms with Gasteiger partial charge in [0.15, 0.2) is 6.10 Å². The van der Waals surface area contributed by atoms with Crippen LogP contribution in [0.25, 0.3) is 0 Å². The Morgan fingerprint density at radius 3 is 2.43 bits per heavy atom. The van der Waals surface area contributed by atoms with Crippen LogP contribution >= 0.6 is 0 Å². The lowest BCUT2D eigenvalue weighted by Gasteiger charge is -2.16. The highest BCUT2D eigenvalue weighted by Crippen LogP contribution is 2.18. The Kier molecular flexibility index (Phi) is 5.63. The minimum Gasteiger partial charge on any atom is -0.496 e. The number of hydrogen-bond acceptors (Lipinski definition) is 3. The van der Waals surface area contributed by atoms with Crippen LogP contribution in [0.4, 0.5) is 0 Å². The SMILES string of the molecule is COc1ccccc1CNC(=O)[C@@H](C)Oc1cc(C)cc(C)c1. The predicted molar refractivity (Wildman–Crippen MR) is 90.8 cm³/mol. The van der Waals surface area contributed by atoms with Gasteiger partial charge in [0.1, 0.15) is 11.5 Å². The first-order valence-corrected chi connectivity index (χ1v) is 7.64. The summed E-state index contributed by atoms with van der Waals surface area (Å²) in [6.07, 6.45) is -0.564. The molecule has 0 saturated heterocycles. The summed E-state index contributed by atoms with van der Waals surface area (Å²) in [5, 5.41) is 2.88. The monoisotopic (exact) mass is 313 g/mol. The third kappa shape index (κ3) is 4.74. The number of hydrogen-bond donors (Lipinski definition) is 1. The summed E-state index contributed by atoms with van der Waals surface area (Å²) in [4.78, 5) is 12.2. The largest absolute Gasteiger partial charge is 0.496 e. The molecule has 4 nitrogen and oxygen atoms in total. The summed E-state index contributed by atoms with van der Waals surface area (Å²) in [6, 6.07) is 13.5. The highest BCUT2D eigenvalue weighted by atomic mass is 16.5. The van der Waals surface area contributed by atoms with Crippen LogP contribution in [-0.4, -0.2) is 19.1 Å². The lowest BCUT2D eigenvalue weighted by Crippen LogP contribution is -2.36. The van der Waals surface area contributed by atoms with Crippen molar-refractivity contribution in [2.75, 3.05) is 7.11 Å². The summed E-state index contributed by atoms with van der Waals surface area (Å²) in [5.74, 6) is 1.31. The van der Waals surface area contributed by atoms with E-state index in [1.165, 1.54) is 0 Å². The van der Waals surface area contributed by atoms with Crippen LogP contribution in [-0.2, 0) is 11.3 Å². The lowest BCUT2D eigenvalue weighted by atomic mass is 10.1. The van der Waals surface area contributed by atoms with Gasteiger partial charge in [-0.2, -0.15) is 0 Å². The standard InChI is InChI=1S/C19H23NO3/c1-13-9-14(2)11-17(10-13)23-15(3)19(21)20-12-16-7-5-6-8-18(16)22-4/h5-11,15H,12H2,1-4H3,(H,20,21)/t15-/m1/s1. The molecule has 122 valence electrons. The highest BCUT2D eigenvalue weighted by molar-refractivity contribution is 5.80. The van der Waals surface area contributed by atoms with Crippen LogP contribution < -0.4 is 14.8 Å². The Morgan fingerprint density at radius 1 is 1.13 bits per heavy atom. The van der Waals surface area contributed by atoms with Crippen LogP contribution in [0.1, 0.15) is 23.6 Å². The van der Waals surface area contributed by atoms with Crippen LogP contribution in [0, 0.1) is 13.8 Å². The zero-order valence-electron chi connectivity index (χ0n) is 14.1. The summed E-state index contributed by atoms with van der Waals surface area (Å²) in [5.41, 5.74) is 3.16. The molecule has 0 radical (unpaired) electrons. The Balaban J connectivity index is 1.94. The van der Waals surface area contributed by atoms with Gasteiger partial charge in [-0.3, -0.25) is 4.79 Å². The van der Waals surface area contributed by atoms with Gasteiger partial charge in [-0.05, 0) is 50.1 Å². The molecule has 0 fully saturated rings. The van der Waals surface area contributed by atoms with Gasteiger partial charge >= 0.3 is 0 Å². The molecule has 0 aliphatic carbocycles. The Morgan fingerprint density at radius 2 is 1.78 bits per heavy atom. The molecule has 2 aromatic rings. The van der Waals surface area contributed by atoms with Gasteiger partial charge in [0.25, 0.3) is 5.91 Å². The van der Waals surface area contributed by atoms with Crippen molar-refractivity contribution >= 4 is 5.91 Å². The van der Waals surface area contributed by atoms with E-state index in [4.69, 9.17) is 9.47 Å².